The lowest BCUT2D eigenvalue weighted by molar-refractivity contribution is 0.498. The summed E-state index contributed by atoms with van der Waals surface area (Å²) >= 11 is 0. The van der Waals surface area contributed by atoms with Gasteiger partial charge < -0.3 is 19.7 Å². The van der Waals surface area contributed by atoms with E-state index in [0.717, 1.165) is 17.9 Å². The Labute approximate surface area is 119 Å². The first-order chi connectivity index (χ1) is 10.1. The minimum atomic E-state index is -0.650. The number of hydrogen-bond donors (Lipinski definition) is 3. The first-order valence-electron chi connectivity index (χ1n) is 6.67. The van der Waals surface area contributed by atoms with Crippen LogP contribution in [0.3, 0.4) is 0 Å². The zero-order valence-electron chi connectivity index (χ0n) is 11.5. The Morgan fingerprint density at radius 1 is 1.14 bits per heavy atom. The van der Waals surface area contributed by atoms with E-state index in [1.54, 1.807) is 18.4 Å². The van der Waals surface area contributed by atoms with Gasteiger partial charge in [-0.3, -0.25) is 9.59 Å². The normalized spacial score (nSPS) is 12.4. The molecule has 3 rings (SSSR count). The molecule has 1 unspecified atom stereocenters. The molecule has 0 aliphatic heterocycles. The lowest BCUT2D eigenvalue weighted by Crippen LogP contribution is -2.29. The predicted octanol–water partition coefficient (Wildman–Crippen LogP) is 1.85. The summed E-state index contributed by atoms with van der Waals surface area (Å²) in [5, 5.41) is 3.33. The van der Waals surface area contributed by atoms with Gasteiger partial charge in [-0.2, -0.15) is 0 Å². The van der Waals surface area contributed by atoms with Crippen molar-refractivity contribution in [3.05, 3.63) is 63.1 Å². The summed E-state index contributed by atoms with van der Waals surface area (Å²) in [4.78, 5) is 27.7. The fourth-order valence-corrected chi connectivity index (χ4v) is 2.27. The molecule has 6 heteroatoms. The van der Waals surface area contributed by atoms with Crippen molar-refractivity contribution < 1.29 is 4.42 Å². The van der Waals surface area contributed by atoms with Crippen molar-refractivity contribution in [2.75, 3.05) is 5.32 Å². The summed E-state index contributed by atoms with van der Waals surface area (Å²) in [5.74, 6) is 0.911. The summed E-state index contributed by atoms with van der Waals surface area (Å²) in [5.41, 5.74) is 0.764. The molecular weight excluding hydrogens is 270 g/mol. The van der Waals surface area contributed by atoms with Gasteiger partial charge in [-0.05, 0) is 37.3 Å². The Hall–Kier alpha value is -2.76. The Kier molecular flexibility index (Phi) is 3.35. The number of furan rings is 1. The molecule has 0 aliphatic rings. The first kappa shape index (κ1) is 13.2. The molecule has 0 bridgehead atoms. The lowest BCUT2D eigenvalue weighted by atomic mass is 10.2. The minimum absolute atomic E-state index is 0.170. The summed E-state index contributed by atoms with van der Waals surface area (Å²) in [6.45, 7) is 2.04. The van der Waals surface area contributed by atoms with Crippen molar-refractivity contribution in [3.63, 3.8) is 0 Å². The molecule has 0 radical (unpaired) electrons. The number of nitrogens with one attached hydrogen (secondary N) is 3. The van der Waals surface area contributed by atoms with Crippen molar-refractivity contribution in [2.24, 2.45) is 0 Å². The van der Waals surface area contributed by atoms with Crippen molar-refractivity contribution in [1.29, 1.82) is 0 Å². The van der Waals surface area contributed by atoms with Crippen LogP contribution >= 0.6 is 0 Å². The highest BCUT2D eigenvalue weighted by Crippen LogP contribution is 2.16. The van der Waals surface area contributed by atoms with Crippen LogP contribution in [0.1, 0.15) is 12.7 Å². The average molecular weight is 285 g/mol. The van der Waals surface area contributed by atoms with Gasteiger partial charge in [-0.1, -0.05) is 0 Å². The zero-order chi connectivity index (χ0) is 14.8. The average Bonchev–Trinajstić information content (AvgIpc) is 2.93. The Bertz CT molecular complexity index is 862. The van der Waals surface area contributed by atoms with Crippen LogP contribution in [-0.2, 0) is 6.42 Å². The molecule has 0 amide bonds. The number of fused-ring (bicyclic) bond motifs is 1. The van der Waals surface area contributed by atoms with Crippen LogP contribution in [0.2, 0.25) is 0 Å². The molecule has 2 aromatic heterocycles. The van der Waals surface area contributed by atoms with Crippen molar-refractivity contribution in [1.82, 2.24) is 9.97 Å². The van der Waals surface area contributed by atoms with Crippen molar-refractivity contribution in [3.8, 4) is 0 Å². The molecule has 0 saturated heterocycles. The van der Waals surface area contributed by atoms with Crippen LogP contribution in [0.15, 0.2) is 50.6 Å². The standard InChI is InChI=1S/C15H15N3O3/c1-9(7-11-3-2-6-21-11)16-10-4-5-12-13(8-10)18-15(20)14(19)17-12/h2-6,8-9,16H,7H2,1H3,(H,17,19)(H,18,20). The number of aromatic nitrogens is 2. The van der Waals surface area contributed by atoms with E-state index >= 15 is 0 Å². The van der Waals surface area contributed by atoms with Crippen LogP contribution in [0.4, 0.5) is 5.69 Å². The van der Waals surface area contributed by atoms with E-state index in [1.807, 2.05) is 25.1 Å². The fraction of sp³-hybridized carbons (Fsp3) is 0.200. The second kappa shape index (κ2) is 5.32. The van der Waals surface area contributed by atoms with Gasteiger partial charge in [0.1, 0.15) is 5.76 Å². The topological polar surface area (TPSA) is 90.9 Å². The SMILES string of the molecule is CC(Cc1ccco1)Nc1ccc2[nH]c(=O)c(=O)[nH]c2c1. The van der Waals surface area contributed by atoms with Gasteiger partial charge in [-0.15, -0.1) is 0 Å². The molecule has 2 heterocycles. The third-order valence-corrected chi connectivity index (χ3v) is 3.22. The number of rotatable bonds is 4. The van der Waals surface area contributed by atoms with E-state index < -0.39 is 11.1 Å². The monoisotopic (exact) mass is 285 g/mol. The Morgan fingerprint density at radius 2 is 1.90 bits per heavy atom. The molecule has 21 heavy (non-hydrogen) atoms. The van der Waals surface area contributed by atoms with Crippen LogP contribution in [-0.4, -0.2) is 16.0 Å². The van der Waals surface area contributed by atoms with Gasteiger partial charge in [-0.25, -0.2) is 0 Å². The molecule has 3 N–H and O–H groups in total. The zero-order valence-corrected chi connectivity index (χ0v) is 11.5. The molecule has 0 fully saturated rings. The van der Waals surface area contributed by atoms with Crippen molar-refractivity contribution >= 4 is 16.7 Å². The highest BCUT2D eigenvalue weighted by molar-refractivity contribution is 5.78. The number of benzene rings is 1. The molecular formula is C15H15N3O3. The molecule has 0 spiro atoms. The van der Waals surface area contributed by atoms with E-state index in [4.69, 9.17) is 4.42 Å². The maximum absolute atomic E-state index is 11.3. The largest absolute Gasteiger partial charge is 0.469 e. The number of hydrogen-bond acceptors (Lipinski definition) is 4. The van der Waals surface area contributed by atoms with Gasteiger partial charge in [0.15, 0.2) is 0 Å². The molecule has 1 aromatic carbocycles. The molecule has 108 valence electrons. The van der Waals surface area contributed by atoms with Gasteiger partial charge in [0.05, 0.1) is 17.3 Å². The van der Waals surface area contributed by atoms with Crippen molar-refractivity contribution in [2.45, 2.75) is 19.4 Å². The van der Waals surface area contributed by atoms with E-state index in [1.165, 1.54) is 0 Å². The lowest BCUT2D eigenvalue weighted by Gasteiger charge is -2.14. The predicted molar refractivity (Wildman–Crippen MR) is 80.7 cm³/mol. The number of anilines is 1. The molecule has 1 atom stereocenters. The third kappa shape index (κ3) is 2.89. The summed E-state index contributed by atoms with van der Waals surface area (Å²) in [6.07, 6.45) is 2.41. The Balaban J connectivity index is 1.82. The molecule has 6 nitrogen and oxygen atoms in total. The number of aromatic amines is 2. The van der Waals surface area contributed by atoms with E-state index in [-0.39, 0.29) is 6.04 Å². The van der Waals surface area contributed by atoms with Crippen LogP contribution < -0.4 is 16.4 Å². The van der Waals surface area contributed by atoms with Crippen LogP contribution in [0.5, 0.6) is 0 Å². The van der Waals surface area contributed by atoms with E-state index in [2.05, 4.69) is 15.3 Å². The third-order valence-electron chi connectivity index (χ3n) is 3.22. The fourth-order valence-electron chi connectivity index (χ4n) is 2.27. The van der Waals surface area contributed by atoms with Crippen LogP contribution in [0.25, 0.3) is 11.0 Å². The quantitative estimate of drug-likeness (QED) is 0.638. The smallest absolute Gasteiger partial charge is 0.314 e. The molecule has 0 saturated carbocycles. The highest BCUT2D eigenvalue weighted by Gasteiger charge is 2.07. The molecule has 3 aromatic rings. The first-order valence-corrected chi connectivity index (χ1v) is 6.67. The van der Waals surface area contributed by atoms with E-state index in [9.17, 15) is 9.59 Å². The number of H-pyrrole nitrogens is 2. The minimum Gasteiger partial charge on any atom is -0.469 e. The van der Waals surface area contributed by atoms with Gasteiger partial charge >= 0.3 is 11.1 Å². The maximum atomic E-state index is 11.3. The second-order valence-corrected chi connectivity index (χ2v) is 5.00. The summed E-state index contributed by atoms with van der Waals surface area (Å²) in [6, 6.07) is 9.37. The molecule has 0 aliphatic carbocycles. The van der Waals surface area contributed by atoms with Gasteiger partial charge in [0.2, 0.25) is 0 Å². The van der Waals surface area contributed by atoms with Gasteiger partial charge in [0, 0.05) is 18.2 Å². The maximum Gasteiger partial charge on any atom is 0.314 e. The Morgan fingerprint density at radius 3 is 2.62 bits per heavy atom. The highest BCUT2D eigenvalue weighted by atomic mass is 16.3. The summed E-state index contributed by atoms with van der Waals surface area (Å²) < 4.78 is 5.31. The van der Waals surface area contributed by atoms with Gasteiger partial charge in [0.25, 0.3) is 0 Å². The van der Waals surface area contributed by atoms with Crippen LogP contribution in [0, 0.1) is 0 Å². The van der Waals surface area contributed by atoms with E-state index in [0.29, 0.717) is 11.0 Å². The summed E-state index contributed by atoms with van der Waals surface area (Å²) in [7, 11) is 0. The second-order valence-electron chi connectivity index (χ2n) is 5.00.